The molecule has 0 aromatic carbocycles. The molecule has 0 saturated carbocycles. The van der Waals surface area contributed by atoms with E-state index >= 15 is 0 Å². The molecule has 1 unspecified atom stereocenters. The van der Waals surface area contributed by atoms with Crippen molar-refractivity contribution in [2.75, 3.05) is 13.2 Å². The van der Waals surface area contributed by atoms with Gasteiger partial charge in [-0.2, -0.15) is 0 Å². The predicted octanol–water partition coefficient (Wildman–Crippen LogP) is 2.09. The van der Waals surface area contributed by atoms with Crippen LogP contribution in [0.2, 0.25) is 0 Å². The van der Waals surface area contributed by atoms with Crippen molar-refractivity contribution in [3.8, 4) is 0 Å². The summed E-state index contributed by atoms with van der Waals surface area (Å²) in [5, 5.41) is 3.41. The SMILES string of the molecule is CC(NC1COC1)c1ccc(Br)o1. The van der Waals surface area contributed by atoms with E-state index < -0.39 is 0 Å². The number of nitrogens with one attached hydrogen (secondary N) is 1. The molecule has 0 radical (unpaired) electrons. The Morgan fingerprint density at radius 3 is 2.77 bits per heavy atom. The highest BCUT2D eigenvalue weighted by Crippen LogP contribution is 2.21. The maximum atomic E-state index is 5.43. The number of hydrogen-bond donors (Lipinski definition) is 1. The van der Waals surface area contributed by atoms with Gasteiger partial charge in [0.05, 0.1) is 25.3 Å². The molecule has 13 heavy (non-hydrogen) atoms. The van der Waals surface area contributed by atoms with Crippen LogP contribution in [-0.2, 0) is 4.74 Å². The van der Waals surface area contributed by atoms with Gasteiger partial charge in [-0.25, -0.2) is 0 Å². The molecule has 0 aliphatic carbocycles. The summed E-state index contributed by atoms with van der Waals surface area (Å²) < 4.78 is 11.3. The standard InChI is InChI=1S/C9H12BrNO2/c1-6(11-7-4-12-5-7)8-2-3-9(10)13-8/h2-3,6-7,11H,4-5H2,1H3. The van der Waals surface area contributed by atoms with Crippen LogP contribution in [0.1, 0.15) is 18.7 Å². The number of hydrogen-bond acceptors (Lipinski definition) is 3. The molecule has 1 saturated heterocycles. The fourth-order valence-corrected chi connectivity index (χ4v) is 1.65. The lowest BCUT2D eigenvalue weighted by atomic mass is 10.2. The van der Waals surface area contributed by atoms with Gasteiger partial charge in [0.2, 0.25) is 0 Å². The van der Waals surface area contributed by atoms with E-state index in [0.29, 0.717) is 6.04 Å². The van der Waals surface area contributed by atoms with E-state index in [1.807, 2.05) is 12.1 Å². The van der Waals surface area contributed by atoms with Crippen molar-refractivity contribution in [3.05, 3.63) is 22.6 Å². The zero-order valence-corrected chi connectivity index (χ0v) is 9.00. The first-order valence-electron chi connectivity index (χ1n) is 4.35. The van der Waals surface area contributed by atoms with E-state index in [-0.39, 0.29) is 6.04 Å². The molecule has 1 atom stereocenters. The lowest BCUT2D eigenvalue weighted by Crippen LogP contribution is -2.46. The average Bonchev–Trinajstić information content (AvgIpc) is 2.44. The van der Waals surface area contributed by atoms with Crippen LogP contribution in [0.5, 0.6) is 0 Å². The lowest BCUT2D eigenvalue weighted by molar-refractivity contribution is -0.0102. The molecule has 4 heteroatoms. The van der Waals surface area contributed by atoms with Crippen LogP contribution in [-0.4, -0.2) is 19.3 Å². The van der Waals surface area contributed by atoms with Gasteiger partial charge in [-0.3, -0.25) is 0 Å². The highest BCUT2D eigenvalue weighted by molar-refractivity contribution is 9.10. The third kappa shape index (κ3) is 2.13. The van der Waals surface area contributed by atoms with Gasteiger partial charge in [0.1, 0.15) is 5.76 Å². The molecule has 72 valence electrons. The number of ether oxygens (including phenoxy) is 1. The van der Waals surface area contributed by atoms with E-state index in [0.717, 1.165) is 23.6 Å². The fraction of sp³-hybridized carbons (Fsp3) is 0.556. The fourth-order valence-electron chi connectivity index (χ4n) is 1.33. The molecule has 0 amide bonds. The summed E-state index contributed by atoms with van der Waals surface area (Å²) in [7, 11) is 0. The van der Waals surface area contributed by atoms with Crippen molar-refractivity contribution >= 4 is 15.9 Å². The first kappa shape index (κ1) is 9.24. The number of rotatable bonds is 3. The summed E-state index contributed by atoms with van der Waals surface area (Å²) in [5.41, 5.74) is 0. The Bertz CT molecular complexity index is 283. The second-order valence-electron chi connectivity index (χ2n) is 3.26. The molecule has 2 rings (SSSR count). The molecule has 2 heterocycles. The second-order valence-corrected chi connectivity index (χ2v) is 4.05. The summed E-state index contributed by atoms with van der Waals surface area (Å²) in [5.74, 6) is 0.957. The van der Waals surface area contributed by atoms with Gasteiger partial charge in [-0.1, -0.05) is 0 Å². The monoisotopic (exact) mass is 245 g/mol. The first-order valence-corrected chi connectivity index (χ1v) is 5.14. The van der Waals surface area contributed by atoms with Gasteiger partial charge in [-0.15, -0.1) is 0 Å². The third-order valence-electron chi connectivity index (χ3n) is 2.14. The van der Waals surface area contributed by atoms with Crippen molar-refractivity contribution in [3.63, 3.8) is 0 Å². The van der Waals surface area contributed by atoms with Crippen molar-refractivity contribution < 1.29 is 9.15 Å². The highest BCUT2D eigenvalue weighted by atomic mass is 79.9. The van der Waals surface area contributed by atoms with E-state index in [1.54, 1.807) is 0 Å². The van der Waals surface area contributed by atoms with Crippen LogP contribution in [0, 0.1) is 0 Å². The molecule has 1 aromatic heterocycles. The van der Waals surface area contributed by atoms with Crippen molar-refractivity contribution in [1.82, 2.24) is 5.32 Å². The van der Waals surface area contributed by atoms with E-state index in [1.165, 1.54) is 0 Å². The van der Waals surface area contributed by atoms with E-state index in [9.17, 15) is 0 Å². The molecule has 1 aromatic rings. The van der Waals surface area contributed by atoms with Crippen molar-refractivity contribution in [2.45, 2.75) is 19.0 Å². The highest BCUT2D eigenvalue weighted by Gasteiger charge is 2.21. The van der Waals surface area contributed by atoms with Crippen LogP contribution < -0.4 is 5.32 Å². The molecule has 1 fully saturated rings. The zero-order valence-electron chi connectivity index (χ0n) is 7.42. The Hall–Kier alpha value is -0.320. The third-order valence-corrected chi connectivity index (χ3v) is 2.57. The molecular formula is C9H12BrNO2. The summed E-state index contributed by atoms with van der Waals surface area (Å²) in [6, 6.07) is 4.62. The van der Waals surface area contributed by atoms with Crippen molar-refractivity contribution in [2.24, 2.45) is 0 Å². The number of halogens is 1. The molecule has 3 nitrogen and oxygen atoms in total. The van der Waals surface area contributed by atoms with Crippen LogP contribution in [0.25, 0.3) is 0 Å². The Labute approximate surface area is 85.6 Å². The molecule has 1 aliphatic heterocycles. The topological polar surface area (TPSA) is 34.4 Å². The summed E-state index contributed by atoms with van der Waals surface area (Å²) in [4.78, 5) is 0. The minimum Gasteiger partial charge on any atom is -0.453 e. The van der Waals surface area contributed by atoms with Gasteiger partial charge < -0.3 is 14.5 Å². The second kappa shape index (κ2) is 3.82. The van der Waals surface area contributed by atoms with Gasteiger partial charge in [-0.05, 0) is 35.0 Å². The van der Waals surface area contributed by atoms with E-state index in [2.05, 4.69) is 28.2 Å². The first-order chi connectivity index (χ1) is 6.25. The van der Waals surface area contributed by atoms with E-state index in [4.69, 9.17) is 9.15 Å². The summed E-state index contributed by atoms with van der Waals surface area (Å²) >= 11 is 3.28. The summed E-state index contributed by atoms with van der Waals surface area (Å²) in [6.45, 7) is 3.71. The minimum absolute atomic E-state index is 0.250. The maximum absolute atomic E-state index is 5.43. The van der Waals surface area contributed by atoms with Crippen molar-refractivity contribution in [1.29, 1.82) is 0 Å². The molecule has 1 N–H and O–H groups in total. The van der Waals surface area contributed by atoms with Gasteiger partial charge >= 0.3 is 0 Å². The normalized spacial score (nSPS) is 19.8. The quantitative estimate of drug-likeness (QED) is 0.886. The minimum atomic E-state index is 0.250. The molecular weight excluding hydrogens is 234 g/mol. The van der Waals surface area contributed by atoms with Crippen LogP contribution >= 0.6 is 15.9 Å². The van der Waals surface area contributed by atoms with Gasteiger partial charge in [0, 0.05) is 0 Å². The largest absolute Gasteiger partial charge is 0.453 e. The predicted molar refractivity (Wildman–Crippen MR) is 52.6 cm³/mol. The van der Waals surface area contributed by atoms with Crippen LogP contribution in [0.15, 0.2) is 21.2 Å². The summed E-state index contributed by atoms with van der Waals surface area (Å²) in [6.07, 6.45) is 0. The average molecular weight is 246 g/mol. The lowest BCUT2D eigenvalue weighted by Gasteiger charge is -2.29. The Balaban J connectivity index is 1.92. The Morgan fingerprint density at radius 1 is 1.54 bits per heavy atom. The van der Waals surface area contributed by atoms with Crippen LogP contribution in [0.4, 0.5) is 0 Å². The molecule has 0 spiro atoms. The van der Waals surface area contributed by atoms with Gasteiger partial charge in [0.15, 0.2) is 4.67 Å². The molecule has 0 bridgehead atoms. The smallest absolute Gasteiger partial charge is 0.169 e. The molecule has 1 aliphatic rings. The zero-order chi connectivity index (χ0) is 9.26. The Morgan fingerprint density at radius 2 is 2.31 bits per heavy atom. The maximum Gasteiger partial charge on any atom is 0.169 e. The number of furan rings is 1. The van der Waals surface area contributed by atoms with Gasteiger partial charge in [0.25, 0.3) is 0 Å². The van der Waals surface area contributed by atoms with Crippen LogP contribution in [0.3, 0.4) is 0 Å². The Kier molecular flexibility index (Phi) is 2.71.